The molecule has 0 saturated heterocycles. The Bertz CT molecular complexity index is 4780. The van der Waals surface area contributed by atoms with Gasteiger partial charge in [0, 0.05) is 107 Å². The van der Waals surface area contributed by atoms with Crippen molar-refractivity contribution in [1.29, 1.82) is 0 Å². The Morgan fingerprint density at radius 1 is 0.337 bits per heavy atom. The average molecular weight is 1330 g/mol. The fraction of sp³-hybridized carbons (Fsp3) is 0.0649. The van der Waals surface area contributed by atoms with Crippen molar-refractivity contribution in [3.05, 3.63) is 280 Å². The van der Waals surface area contributed by atoms with Crippen molar-refractivity contribution in [3.8, 4) is 66.8 Å². The number of hydrogen-bond donors (Lipinski definition) is 0. The normalized spacial score (nSPS) is 11.3. The van der Waals surface area contributed by atoms with Crippen molar-refractivity contribution in [1.82, 2.24) is 34.2 Å². The van der Waals surface area contributed by atoms with Crippen LogP contribution in [0.1, 0.15) is 13.8 Å². The number of pyridine rings is 6. The molecule has 12 nitrogen and oxygen atoms in total. The smallest absolute Gasteiger partial charge is 0.243 e. The van der Waals surface area contributed by atoms with E-state index in [2.05, 4.69) is 191 Å². The van der Waals surface area contributed by atoms with Crippen molar-refractivity contribution in [3.63, 3.8) is 0 Å². The molecule has 6 aromatic heterocycles. The van der Waals surface area contributed by atoms with Crippen LogP contribution >= 0.6 is 12.0 Å². The molecule has 0 spiro atoms. The van der Waals surface area contributed by atoms with Crippen LogP contribution in [0.5, 0.6) is 0 Å². The summed E-state index contributed by atoms with van der Waals surface area (Å²) >= 11 is 1.05. The number of nitrogens with zero attached hydrogens (tertiary/aromatic N) is 7. The van der Waals surface area contributed by atoms with E-state index in [0.29, 0.717) is 13.1 Å². The summed E-state index contributed by atoms with van der Waals surface area (Å²) in [5, 5.41) is 10.9. The Balaban J connectivity index is 0.000000136. The van der Waals surface area contributed by atoms with E-state index in [0.717, 1.165) is 105 Å². The minimum absolute atomic E-state index is 0. The number of fused-ring (bicyclic) bond motifs is 9. The van der Waals surface area contributed by atoms with Crippen LogP contribution < -0.4 is 0 Å². The molecule has 0 saturated carbocycles. The van der Waals surface area contributed by atoms with Crippen LogP contribution in [-0.2, 0) is 43.8 Å². The molecule has 452 valence electrons. The first-order valence-electron chi connectivity index (χ1n) is 29.8. The summed E-state index contributed by atoms with van der Waals surface area (Å²) in [6.45, 7) is 4.54. The van der Waals surface area contributed by atoms with Crippen LogP contribution in [0.3, 0.4) is 0 Å². The minimum Gasteiger partial charge on any atom is -0.254 e. The molecule has 6 heterocycles. The maximum Gasteiger partial charge on any atom is 0.243 e. The van der Waals surface area contributed by atoms with Gasteiger partial charge in [-0.25, -0.2) is 13.3 Å². The second-order valence-corrected chi connectivity index (χ2v) is 23.9. The molecule has 0 atom stereocenters. The van der Waals surface area contributed by atoms with Crippen LogP contribution in [0.15, 0.2) is 290 Å². The quantitative estimate of drug-likeness (QED) is 0.0255. The second-order valence-electron chi connectivity index (χ2n) is 21.2. The second kappa shape index (κ2) is 28.6. The number of hydrogen-bond acceptors (Lipinski definition) is 12. The summed E-state index contributed by atoms with van der Waals surface area (Å²) in [4.78, 5) is 33.6. The van der Waals surface area contributed by atoms with Crippen molar-refractivity contribution >= 4 is 87.5 Å². The number of rotatable bonds is 14. The third-order valence-electron chi connectivity index (χ3n) is 16.1. The van der Waals surface area contributed by atoms with Crippen molar-refractivity contribution in [2.75, 3.05) is 20.2 Å². The fourth-order valence-corrected chi connectivity index (χ4v) is 13.6. The van der Waals surface area contributed by atoms with E-state index in [4.69, 9.17) is 4.33 Å². The number of benzene rings is 9. The van der Waals surface area contributed by atoms with Crippen molar-refractivity contribution in [2.24, 2.45) is 0 Å². The molecule has 0 amide bonds. The Hall–Kier alpha value is -9.80. The van der Waals surface area contributed by atoms with Crippen LogP contribution in [0.4, 0.5) is 0 Å². The summed E-state index contributed by atoms with van der Waals surface area (Å²) in [7, 11) is -2.15. The molecular weight excluding hydrogens is 1270 g/mol. The van der Waals surface area contributed by atoms with Gasteiger partial charge in [0.05, 0.1) is 57.1 Å². The van der Waals surface area contributed by atoms with Gasteiger partial charge in [0.1, 0.15) is 0 Å². The fourth-order valence-electron chi connectivity index (χ4n) is 11.8. The average Bonchev–Trinajstić information content (AvgIpc) is 0.800. The Labute approximate surface area is 550 Å². The molecule has 0 N–H and O–H groups in total. The monoisotopic (exact) mass is 1330 g/mol. The zero-order valence-electron chi connectivity index (χ0n) is 50.3. The third kappa shape index (κ3) is 12.8. The predicted octanol–water partition coefficient (Wildman–Crippen LogP) is 18.9. The molecule has 0 unspecified atom stereocenters. The molecule has 0 aliphatic heterocycles. The first-order valence-corrected chi connectivity index (χ1v) is 32.0. The zero-order valence-corrected chi connectivity index (χ0v) is 53.7. The van der Waals surface area contributed by atoms with Crippen LogP contribution in [0.25, 0.3) is 132 Å². The molecule has 0 aliphatic carbocycles. The molecule has 9 aromatic carbocycles. The van der Waals surface area contributed by atoms with Gasteiger partial charge in [0.25, 0.3) is 0 Å². The summed E-state index contributed by atoms with van der Waals surface area (Å²) in [5.74, 6) is 0. The topological polar surface area (TPSA) is 142 Å². The molecule has 15 aromatic rings. The maximum atomic E-state index is 12.9. The Morgan fingerprint density at radius 3 is 0.837 bits per heavy atom. The molecule has 15 rings (SSSR count). The Morgan fingerprint density at radius 2 is 0.587 bits per heavy atom. The molecule has 15 heteroatoms. The van der Waals surface area contributed by atoms with E-state index >= 15 is 0 Å². The SMILES string of the molecule is CCN(CC)S(=O)(=O)c1ccc(-c2ccnc3c2ccc2c(-c4ccc(SOOOC)cc4)ccnc23)cc1.[Ru].c1ccc(-c2ccnc3c2ccc2c(-c4ccccc4)ccnc23)cc1.c1ccc(-c2ccnc3c2ccc2c(-c4ccccc4)ccnc23)cc1. The summed E-state index contributed by atoms with van der Waals surface area (Å²) in [5.41, 5.74) is 18.8. The van der Waals surface area contributed by atoms with Crippen LogP contribution in [0.2, 0.25) is 0 Å². The largest absolute Gasteiger partial charge is 0.254 e. The number of sulfonamides is 1. The predicted molar refractivity (Wildman–Crippen MR) is 369 cm³/mol. The van der Waals surface area contributed by atoms with Gasteiger partial charge in [-0.05, 0) is 127 Å². The summed E-state index contributed by atoms with van der Waals surface area (Å²) in [6, 6.07) is 81.6. The van der Waals surface area contributed by atoms with Gasteiger partial charge in [0.15, 0.2) is 0 Å². The standard InChI is InChI=1S/C29H27N3O5S2.2C24H16N2.Ru/c1-4-32(5-2)39(33,34)23-12-8-21(9-13-23)25-17-19-31-29-27(25)15-14-26-24(16-18-30-28(26)29)20-6-10-22(11-7-20)38-37-36-35-3;2*1-3-7-17(8-4-1)19-13-15-25-23-21(19)11-12-22-20(14-16-26-24(22)23)18-9-5-2-6-10-18;/h6-19H,4-5H2,1-3H3;2*1-16H;. The van der Waals surface area contributed by atoms with Gasteiger partial charge in [-0.1, -0.05) is 201 Å². The zero-order chi connectivity index (χ0) is 62.1. The third-order valence-corrected chi connectivity index (χ3v) is 18.8. The first-order chi connectivity index (χ1) is 44.8. The van der Waals surface area contributed by atoms with E-state index in [1.807, 2.05) is 117 Å². The van der Waals surface area contributed by atoms with Gasteiger partial charge < -0.3 is 0 Å². The summed E-state index contributed by atoms with van der Waals surface area (Å²) < 4.78 is 32.2. The van der Waals surface area contributed by atoms with E-state index in [-0.39, 0.29) is 24.4 Å². The van der Waals surface area contributed by atoms with E-state index in [9.17, 15) is 8.42 Å². The van der Waals surface area contributed by atoms with Crippen LogP contribution in [0, 0.1) is 0 Å². The molecule has 0 aliphatic rings. The minimum atomic E-state index is -3.52. The van der Waals surface area contributed by atoms with Gasteiger partial charge in [-0.2, -0.15) is 4.31 Å². The molecule has 0 bridgehead atoms. The van der Waals surface area contributed by atoms with Crippen molar-refractivity contribution < 1.29 is 42.2 Å². The van der Waals surface area contributed by atoms with Gasteiger partial charge in [-0.3, -0.25) is 29.9 Å². The van der Waals surface area contributed by atoms with E-state index in [1.54, 1.807) is 24.5 Å². The Kier molecular flexibility index (Phi) is 19.4. The van der Waals surface area contributed by atoms with E-state index < -0.39 is 10.0 Å². The van der Waals surface area contributed by atoms with Gasteiger partial charge in [0.2, 0.25) is 10.0 Å². The molecule has 92 heavy (non-hydrogen) atoms. The summed E-state index contributed by atoms with van der Waals surface area (Å²) in [6.07, 6.45) is 11.1. The van der Waals surface area contributed by atoms with Gasteiger partial charge >= 0.3 is 0 Å². The molecule has 0 fully saturated rings. The molecular formula is C77H59N7O5RuS2. The van der Waals surface area contributed by atoms with E-state index in [1.165, 1.54) is 55.9 Å². The molecule has 0 radical (unpaired) electrons. The van der Waals surface area contributed by atoms with Crippen LogP contribution in [-0.4, -0.2) is 62.8 Å². The maximum absolute atomic E-state index is 12.9. The van der Waals surface area contributed by atoms with Crippen molar-refractivity contribution in [2.45, 2.75) is 23.6 Å². The number of aromatic nitrogens is 6. The van der Waals surface area contributed by atoms with Gasteiger partial charge in [-0.15, -0.1) is 4.33 Å². The first kappa shape index (κ1) is 62.4.